The SMILES string of the molecule is CCNc1cc([N+](=O)[O-])cc(NCCN(C)C2CC2)n1. The minimum absolute atomic E-state index is 0.0500. The van der Waals surface area contributed by atoms with Gasteiger partial charge < -0.3 is 15.5 Å². The molecule has 1 fully saturated rings. The third-order valence-corrected chi connectivity index (χ3v) is 3.32. The highest BCUT2D eigenvalue weighted by Crippen LogP contribution is 2.25. The van der Waals surface area contributed by atoms with Crippen molar-refractivity contribution < 1.29 is 4.92 Å². The number of pyridine rings is 1. The molecule has 1 aromatic heterocycles. The fourth-order valence-corrected chi connectivity index (χ4v) is 2.04. The van der Waals surface area contributed by atoms with Gasteiger partial charge in [-0.25, -0.2) is 4.98 Å². The molecular weight excluding hydrogens is 258 g/mol. The molecule has 0 unspecified atom stereocenters. The molecule has 0 amide bonds. The molecule has 7 heteroatoms. The van der Waals surface area contributed by atoms with Gasteiger partial charge in [-0.1, -0.05) is 0 Å². The maximum Gasteiger partial charge on any atom is 0.276 e. The Kier molecular flexibility index (Phi) is 4.73. The normalized spacial score (nSPS) is 14.3. The first kappa shape index (κ1) is 14.5. The lowest BCUT2D eigenvalue weighted by molar-refractivity contribution is -0.384. The van der Waals surface area contributed by atoms with E-state index in [0.717, 1.165) is 13.1 Å². The quantitative estimate of drug-likeness (QED) is 0.559. The van der Waals surface area contributed by atoms with Crippen LogP contribution in [-0.4, -0.2) is 47.5 Å². The van der Waals surface area contributed by atoms with E-state index < -0.39 is 4.92 Å². The Morgan fingerprint density at radius 3 is 2.60 bits per heavy atom. The molecule has 1 aliphatic carbocycles. The summed E-state index contributed by atoms with van der Waals surface area (Å²) in [5.41, 5.74) is 0.0500. The number of nitrogens with one attached hydrogen (secondary N) is 2. The van der Waals surface area contributed by atoms with E-state index in [2.05, 4.69) is 27.6 Å². The maximum atomic E-state index is 10.9. The lowest BCUT2D eigenvalue weighted by Gasteiger charge is -2.16. The second-order valence-electron chi connectivity index (χ2n) is 5.02. The second kappa shape index (κ2) is 6.51. The fourth-order valence-electron chi connectivity index (χ4n) is 2.04. The third-order valence-electron chi connectivity index (χ3n) is 3.32. The lowest BCUT2D eigenvalue weighted by Crippen LogP contribution is -2.27. The van der Waals surface area contributed by atoms with Crippen LogP contribution in [0.3, 0.4) is 0 Å². The molecule has 0 aromatic carbocycles. The average Bonchev–Trinajstić information content (AvgIpc) is 3.23. The van der Waals surface area contributed by atoms with Crippen LogP contribution in [0.5, 0.6) is 0 Å². The van der Waals surface area contributed by atoms with Gasteiger partial charge in [0.2, 0.25) is 0 Å². The highest BCUT2D eigenvalue weighted by atomic mass is 16.6. The predicted octanol–water partition coefficient (Wildman–Crippen LogP) is 1.93. The van der Waals surface area contributed by atoms with E-state index in [0.29, 0.717) is 24.2 Å². The average molecular weight is 279 g/mol. The summed E-state index contributed by atoms with van der Waals surface area (Å²) in [6.07, 6.45) is 2.55. The molecule has 0 spiro atoms. The van der Waals surface area contributed by atoms with E-state index in [4.69, 9.17) is 0 Å². The minimum Gasteiger partial charge on any atom is -0.370 e. The zero-order valence-corrected chi connectivity index (χ0v) is 11.9. The van der Waals surface area contributed by atoms with Crippen molar-refractivity contribution in [2.45, 2.75) is 25.8 Å². The van der Waals surface area contributed by atoms with Gasteiger partial charge in [-0.05, 0) is 26.8 Å². The van der Waals surface area contributed by atoms with Gasteiger partial charge in [-0.2, -0.15) is 0 Å². The maximum absolute atomic E-state index is 10.9. The van der Waals surface area contributed by atoms with Crippen LogP contribution in [-0.2, 0) is 0 Å². The van der Waals surface area contributed by atoms with E-state index in [1.165, 1.54) is 25.0 Å². The summed E-state index contributed by atoms with van der Waals surface area (Å²) in [5.74, 6) is 1.07. The molecule has 20 heavy (non-hydrogen) atoms. The molecule has 110 valence electrons. The zero-order valence-electron chi connectivity index (χ0n) is 11.9. The van der Waals surface area contributed by atoms with Crippen molar-refractivity contribution in [3.8, 4) is 0 Å². The minimum atomic E-state index is -0.399. The third kappa shape index (κ3) is 4.06. The second-order valence-corrected chi connectivity index (χ2v) is 5.02. The smallest absolute Gasteiger partial charge is 0.276 e. The Bertz CT molecular complexity index is 476. The number of aromatic nitrogens is 1. The van der Waals surface area contributed by atoms with E-state index in [-0.39, 0.29) is 5.69 Å². The number of hydrogen-bond acceptors (Lipinski definition) is 6. The highest BCUT2D eigenvalue weighted by Gasteiger charge is 2.25. The first-order valence-corrected chi connectivity index (χ1v) is 6.94. The monoisotopic (exact) mass is 279 g/mol. The van der Waals surface area contributed by atoms with Crippen molar-refractivity contribution >= 4 is 17.3 Å². The largest absolute Gasteiger partial charge is 0.370 e. The summed E-state index contributed by atoms with van der Waals surface area (Å²) in [6, 6.07) is 3.63. The van der Waals surface area contributed by atoms with E-state index in [1.807, 2.05) is 6.92 Å². The van der Waals surface area contributed by atoms with Gasteiger partial charge in [0.05, 0.1) is 17.1 Å². The molecule has 2 rings (SSSR count). The van der Waals surface area contributed by atoms with Crippen molar-refractivity contribution in [3.05, 3.63) is 22.2 Å². The Labute approximate surface area is 118 Å². The number of likely N-dealkylation sites (N-methyl/N-ethyl adjacent to an activating group) is 1. The Balaban J connectivity index is 1.95. The summed E-state index contributed by atoms with van der Waals surface area (Å²) >= 11 is 0. The first-order valence-electron chi connectivity index (χ1n) is 6.94. The number of nitrogens with zero attached hydrogens (tertiary/aromatic N) is 3. The first-order chi connectivity index (χ1) is 9.60. The van der Waals surface area contributed by atoms with E-state index in [1.54, 1.807) is 0 Å². The van der Waals surface area contributed by atoms with Crippen LogP contribution >= 0.6 is 0 Å². The molecule has 7 nitrogen and oxygen atoms in total. The zero-order chi connectivity index (χ0) is 14.5. The van der Waals surface area contributed by atoms with E-state index in [9.17, 15) is 10.1 Å². The van der Waals surface area contributed by atoms with Gasteiger partial charge in [0.15, 0.2) is 0 Å². The topological polar surface area (TPSA) is 83.3 Å². The molecule has 2 N–H and O–H groups in total. The molecule has 0 saturated heterocycles. The molecule has 1 heterocycles. The van der Waals surface area contributed by atoms with Gasteiger partial charge in [-0.3, -0.25) is 10.1 Å². The van der Waals surface area contributed by atoms with Crippen LogP contribution < -0.4 is 10.6 Å². The lowest BCUT2D eigenvalue weighted by atomic mass is 10.3. The summed E-state index contributed by atoms with van der Waals surface area (Å²) in [5, 5.41) is 17.1. The standard InChI is InChI=1S/C13H21N5O2/c1-3-14-12-8-11(18(19)20)9-13(16-12)15-6-7-17(2)10-4-5-10/h8-10H,3-7H2,1-2H3,(H2,14,15,16). The molecule has 0 atom stereocenters. The summed E-state index contributed by atoms with van der Waals surface area (Å²) in [4.78, 5) is 17.1. The Morgan fingerprint density at radius 2 is 2.05 bits per heavy atom. The number of anilines is 2. The van der Waals surface area contributed by atoms with Crippen LogP contribution in [0, 0.1) is 10.1 Å². The highest BCUT2D eigenvalue weighted by molar-refractivity contribution is 5.54. The molecular formula is C13H21N5O2. The molecule has 0 radical (unpaired) electrons. The van der Waals surface area contributed by atoms with Crippen molar-refractivity contribution in [2.75, 3.05) is 37.3 Å². The summed E-state index contributed by atoms with van der Waals surface area (Å²) in [7, 11) is 2.10. The van der Waals surface area contributed by atoms with Crippen molar-refractivity contribution in [1.82, 2.24) is 9.88 Å². The van der Waals surface area contributed by atoms with Crippen LogP contribution in [0.15, 0.2) is 12.1 Å². The molecule has 1 aromatic rings. The number of hydrogen-bond donors (Lipinski definition) is 2. The van der Waals surface area contributed by atoms with Crippen LogP contribution in [0.25, 0.3) is 0 Å². The van der Waals surface area contributed by atoms with Crippen molar-refractivity contribution in [2.24, 2.45) is 0 Å². The van der Waals surface area contributed by atoms with Crippen molar-refractivity contribution in [1.29, 1.82) is 0 Å². The van der Waals surface area contributed by atoms with Gasteiger partial charge in [-0.15, -0.1) is 0 Å². The Morgan fingerprint density at radius 1 is 1.40 bits per heavy atom. The number of rotatable bonds is 8. The Hall–Kier alpha value is -1.89. The molecule has 1 saturated carbocycles. The van der Waals surface area contributed by atoms with Gasteiger partial charge in [0.1, 0.15) is 11.6 Å². The molecule has 0 bridgehead atoms. The molecule has 1 aliphatic rings. The van der Waals surface area contributed by atoms with Gasteiger partial charge in [0.25, 0.3) is 5.69 Å². The predicted molar refractivity (Wildman–Crippen MR) is 79.2 cm³/mol. The number of nitro groups is 1. The van der Waals surface area contributed by atoms with Gasteiger partial charge >= 0.3 is 0 Å². The fraction of sp³-hybridized carbons (Fsp3) is 0.615. The summed E-state index contributed by atoms with van der Waals surface area (Å²) < 4.78 is 0. The van der Waals surface area contributed by atoms with E-state index >= 15 is 0 Å². The van der Waals surface area contributed by atoms with Gasteiger partial charge in [0, 0.05) is 25.7 Å². The van der Waals surface area contributed by atoms with Crippen molar-refractivity contribution in [3.63, 3.8) is 0 Å². The van der Waals surface area contributed by atoms with Crippen LogP contribution in [0.2, 0.25) is 0 Å². The van der Waals surface area contributed by atoms with Crippen LogP contribution in [0.1, 0.15) is 19.8 Å². The van der Waals surface area contributed by atoms with Crippen LogP contribution in [0.4, 0.5) is 17.3 Å². The molecule has 0 aliphatic heterocycles. The summed E-state index contributed by atoms with van der Waals surface area (Å²) in [6.45, 7) is 4.24.